The number of nitrogens with zero attached hydrogens (tertiary/aromatic N) is 2. The standard InChI is InChI=1S/C24H20F6N2O4/c1-11-15-5-3-13(10-20(33)34)17(15)7-6-16(11)21-31-22(36-32-21)14-4-8-19(18(9-14)24(28,29)30)35-12(2)23(25,26)27/h4,6-9,12-13H,3,5,10H2,1-2H3,(H,33,34). The molecule has 0 radical (unpaired) electrons. The average Bonchev–Trinajstić information content (AvgIpc) is 3.41. The van der Waals surface area contributed by atoms with Crippen molar-refractivity contribution >= 4 is 5.97 Å². The largest absolute Gasteiger partial charge is 0.481 e. The summed E-state index contributed by atoms with van der Waals surface area (Å²) in [5.74, 6) is -2.10. The topological polar surface area (TPSA) is 85.5 Å². The number of hydrogen-bond donors (Lipinski definition) is 1. The summed E-state index contributed by atoms with van der Waals surface area (Å²) in [5.41, 5.74) is 1.75. The van der Waals surface area contributed by atoms with Gasteiger partial charge in [0, 0.05) is 11.1 Å². The normalized spacial score (nSPS) is 16.6. The molecule has 0 amide bonds. The SMILES string of the molecule is Cc1c(-c2noc(-c3ccc(OC(C)C(F)(F)F)c(C(F)(F)F)c3)n2)ccc2c1CCC2CC(=O)O. The van der Waals surface area contributed by atoms with E-state index in [0.717, 1.165) is 28.8 Å². The van der Waals surface area contributed by atoms with Crippen LogP contribution in [-0.2, 0) is 17.4 Å². The lowest BCUT2D eigenvalue weighted by atomic mass is 9.93. The molecule has 1 heterocycles. The number of aromatic nitrogens is 2. The Hall–Kier alpha value is -3.57. The van der Waals surface area contributed by atoms with Crippen molar-refractivity contribution in [3.05, 3.63) is 52.6 Å². The molecule has 3 aromatic rings. The third kappa shape index (κ3) is 5.02. The first-order valence-corrected chi connectivity index (χ1v) is 10.9. The van der Waals surface area contributed by atoms with Crippen LogP contribution in [0.1, 0.15) is 47.9 Å². The van der Waals surface area contributed by atoms with Gasteiger partial charge in [0.1, 0.15) is 5.75 Å². The van der Waals surface area contributed by atoms with Gasteiger partial charge < -0.3 is 14.4 Å². The Bertz CT molecular complexity index is 1300. The number of rotatable bonds is 6. The molecule has 4 rings (SSSR count). The van der Waals surface area contributed by atoms with Crippen LogP contribution in [0.2, 0.25) is 0 Å². The zero-order valence-electron chi connectivity index (χ0n) is 19.0. The summed E-state index contributed by atoms with van der Waals surface area (Å²) in [6.07, 6.45) is -10.9. The van der Waals surface area contributed by atoms with Gasteiger partial charge in [-0.05, 0) is 67.5 Å². The van der Waals surface area contributed by atoms with E-state index < -0.39 is 35.7 Å². The van der Waals surface area contributed by atoms with Crippen molar-refractivity contribution in [1.29, 1.82) is 0 Å². The Labute approximate surface area is 200 Å². The van der Waals surface area contributed by atoms with Gasteiger partial charge in [-0.2, -0.15) is 31.3 Å². The van der Waals surface area contributed by atoms with Crippen LogP contribution in [0, 0.1) is 6.92 Å². The molecule has 0 aliphatic heterocycles. The fourth-order valence-electron chi connectivity index (χ4n) is 4.33. The van der Waals surface area contributed by atoms with E-state index in [-0.39, 0.29) is 29.6 Å². The maximum absolute atomic E-state index is 13.6. The molecule has 1 N–H and O–H groups in total. The van der Waals surface area contributed by atoms with Crippen LogP contribution in [-0.4, -0.2) is 33.5 Å². The van der Waals surface area contributed by atoms with Crippen molar-refractivity contribution < 1.29 is 45.5 Å². The monoisotopic (exact) mass is 514 g/mol. The summed E-state index contributed by atoms with van der Waals surface area (Å²) in [6, 6.07) is 6.00. The predicted molar refractivity (Wildman–Crippen MR) is 114 cm³/mol. The molecule has 192 valence electrons. The van der Waals surface area contributed by atoms with Crippen LogP contribution in [0.5, 0.6) is 5.75 Å². The zero-order chi connectivity index (χ0) is 26.4. The summed E-state index contributed by atoms with van der Waals surface area (Å²) in [7, 11) is 0. The third-order valence-corrected chi connectivity index (χ3v) is 6.20. The molecule has 2 atom stereocenters. The first kappa shape index (κ1) is 25.5. The minimum Gasteiger partial charge on any atom is -0.481 e. The van der Waals surface area contributed by atoms with Gasteiger partial charge in [0.2, 0.25) is 5.82 Å². The molecule has 12 heteroatoms. The average molecular weight is 514 g/mol. The molecule has 0 fully saturated rings. The maximum atomic E-state index is 13.6. The molecule has 2 aromatic carbocycles. The van der Waals surface area contributed by atoms with Gasteiger partial charge >= 0.3 is 18.3 Å². The molecule has 0 saturated heterocycles. The van der Waals surface area contributed by atoms with Crippen molar-refractivity contribution in [2.75, 3.05) is 0 Å². The number of carbonyl (C=O) groups is 1. The Morgan fingerprint density at radius 2 is 1.92 bits per heavy atom. The molecular formula is C24H20F6N2O4. The van der Waals surface area contributed by atoms with E-state index >= 15 is 0 Å². The predicted octanol–water partition coefficient (Wildman–Crippen LogP) is 6.56. The number of halogens is 6. The zero-order valence-corrected chi connectivity index (χ0v) is 19.0. The van der Waals surface area contributed by atoms with Crippen molar-refractivity contribution in [2.24, 2.45) is 0 Å². The first-order chi connectivity index (χ1) is 16.8. The van der Waals surface area contributed by atoms with E-state index in [0.29, 0.717) is 31.4 Å². The van der Waals surface area contributed by atoms with Crippen molar-refractivity contribution in [3.63, 3.8) is 0 Å². The summed E-state index contributed by atoms with van der Waals surface area (Å²) >= 11 is 0. The molecule has 6 nitrogen and oxygen atoms in total. The van der Waals surface area contributed by atoms with E-state index in [1.165, 1.54) is 0 Å². The quantitative estimate of drug-likeness (QED) is 0.375. The van der Waals surface area contributed by atoms with Crippen LogP contribution in [0.15, 0.2) is 34.9 Å². The Balaban J connectivity index is 1.66. The lowest BCUT2D eigenvalue weighted by Crippen LogP contribution is -2.31. The van der Waals surface area contributed by atoms with Gasteiger partial charge in [0.05, 0.1) is 12.0 Å². The van der Waals surface area contributed by atoms with Gasteiger partial charge in [0.15, 0.2) is 6.10 Å². The number of hydrogen-bond acceptors (Lipinski definition) is 5. The number of carboxylic acid groups (broad SMARTS) is 1. The lowest BCUT2D eigenvalue weighted by Gasteiger charge is -2.20. The molecule has 1 aliphatic rings. The molecule has 0 saturated carbocycles. The Morgan fingerprint density at radius 3 is 2.56 bits per heavy atom. The smallest absolute Gasteiger partial charge is 0.425 e. The fraction of sp³-hybridized carbons (Fsp3) is 0.375. The molecule has 36 heavy (non-hydrogen) atoms. The van der Waals surface area contributed by atoms with Gasteiger partial charge in [-0.15, -0.1) is 0 Å². The maximum Gasteiger partial charge on any atom is 0.425 e. The Morgan fingerprint density at radius 1 is 1.19 bits per heavy atom. The van der Waals surface area contributed by atoms with Gasteiger partial charge in [-0.25, -0.2) is 0 Å². The van der Waals surface area contributed by atoms with Crippen molar-refractivity contribution in [2.45, 2.75) is 57.5 Å². The summed E-state index contributed by atoms with van der Waals surface area (Å²) in [4.78, 5) is 15.3. The molecule has 1 aliphatic carbocycles. The molecule has 1 aromatic heterocycles. The van der Waals surface area contributed by atoms with Crippen LogP contribution < -0.4 is 4.74 Å². The molecule has 0 bridgehead atoms. The van der Waals surface area contributed by atoms with E-state index in [9.17, 15) is 31.1 Å². The number of fused-ring (bicyclic) bond motifs is 1. The molecule has 2 unspecified atom stereocenters. The van der Waals surface area contributed by atoms with Gasteiger partial charge in [-0.3, -0.25) is 4.79 Å². The van der Waals surface area contributed by atoms with E-state index in [1.807, 2.05) is 6.92 Å². The van der Waals surface area contributed by atoms with Gasteiger partial charge in [0.25, 0.3) is 5.89 Å². The number of aliphatic carboxylic acids is 1. The van der Waals surface area contributed by atoms with Crippen molar-refractivity contribution in [3.8, 4) is 28.6 Å². The second kappa shape index (κ2) is 9.14. The van der Waals surface area contributed by atoms with Crippen LogP contribution in [0.25, 0.3) is 22.8 Å². The molecule has 0 spiro atoms. The number of carboxylic acids is 1. The lowest BCUT2D eigenvalue weighted by molar-refractivity contribution is -0.191. The summed E-state index contributed by atoms with van der Waals surface area (Å²) < 4.78 is 88.9. The van der Waals surface area contributed by atoms with Gasteiger partial charge in [-0.1, -0.05) is 17.3 Å². The van der Waals surface area contributed by atoms with E-state index in [2.05, 4.69) is 14.9 Å². The third-order valence-electron chi connectivity index (χ3n) is 6.20. The summed E-state index contributed by atoms with van der Waals surface area (Å²) in [6.45, 7) is 2.43. The van der Waals surface area contributed by atoms with Crippen LogP contribution in [0.4, 0.5) is 26.3 Å². The highest BCUT2D eigenvalue weighted by Gasteiger charge is 2.41. The minimum atomic E-state index is -5.00. The van der Waals surface area contributed by atoms with E-state index in [4.69, 9.17) is 9.63 Å². The highest BCUT2D eigenvalue weighted by atomic mass is 19.4. The fourth-order valence-corrected chi connectivity index (χ4v) is 4.33. The first-order valence-electron chi connectivity index (χ1n) is 10.9. The minimum absolute atomic E-state index is 0.0150. The Kier molecular flexibility index (Phi) is 6.48. The molecular weight excluding hydrogens is 494 g/mol. The van der Waals surface area contributed by atoms with Crippen LogP contribution >= 0.6 is 0 Å². The van der Waals surface area contributed by atoms with E-state index in [1.54, 1.807) is 12.1 Å². The highest BCUT2D eigenvalue weighted by Crippen LogP contribution is 2.42. The number of benzene rings is 2. The van der Waals surface area contributed by atoms with Crippen LogP contribution in [0.3, 0.4) is 0 Å². The number of alkyl halides is 6. The highest BCUT2D eigenvalue weighted by molar-refractivity contribution is 5.70. The number of ether oxygens (including phenoxy) is 1. The second-order valence-corrected chi connectivity index (χ2v) is 8.57. The van der Waals surface area contributed by atoms with Crippen molar-refractivity contribution in [1.82, 2.24) is 10.1 Å². The second-order valence-electron chi connectivity index (χ2n) is 8.57. The summed E-state index contributed by atoms with van der Waals surface area (Å²) in [5, 5.41) is 13.0.